The zero-order valence-electron chi connectivity index (χ0n) is 15.2. The number of nitrogens with one attached hydrogen (secondary N) is 1. The van der Waals surface area contributed by atoms with E-state index < -0.39 is 0 Å². The van der Waals surface area contributed by atoms with E-state index in [-0.39, 0.29) is 18.9 Å². The van der Waals surface area contributed by atoms with Crippen LogP contribution in [-0.2, 0) is 17.8 Å². The molecule has 3 aromatic rings. The van der Waals surface area contributed by atoms with Crippen LogP contribution in [0.2, 0.25) is 0 Å². The zero-order valence-corrected chi connectivity index (χ0v) is 15.2. The highest BCUT2D eigenvalue weighted by atomic mass is 16.5. The molecule has 2 aromatic heterocycles. The number of pyridine rings is 1. The number of ether oxygens (including phenoxy) is 2. The highest BCUT2D eigenvalue weighted by Gasteiger charge is 2.11. The molecule has 0 unspecified atom stereocenters. The molecule has 1 N–H and O–H groups in total. The number of nitrogens with zero attached hydrogens (tertiary/aromatic N) is 3. The van der Waals surface area contributed by atoms with Gasteiger partial charge in [-0.15, -0.1) is 0 Å². The van der Waals surface area contributed by atoms with Crippen molar-refractivity contribution >= 4 is 5.91 Å². The maximum absolute atomic E-state index is 12.3. The molecule has 7 heteroatoms. The van der Waals surface area contributed by atoms with Crippen molar-refractivity contribution in [2.24, 2.45) is 0 Å². The van der Waals surface area contributed by atoms with Gasteiger partial charge in [0.1, 0.15) is 0 Å². The minimum atomic E-state index is -0.120. The summed E-state index contributed by atoms with van der Waals surface area (Å²) < 4.78 is 10.5. The Hall–Kier alpha value is -3.48. The predicted molar refractivity (Wildman–Crippen MR) is 100 cm³/mol. The quantitative estimate of drug-likeness (QED) is 0.693. The molecular weight excluding hydrogens is 344 g/mol. The Morgan fingerprint density at radius 1 is 1.04 bits per heavy atom. The summed E-state index contributed by atoms with van der Waals surface area (Å²) in [6.07, 6.45) is 6.87. The molecule has 2 heterocycles. The first-order valence-electron chi connectivity index (χ1n) is 8.39. The molecule has 0 radical (unpaired) electrons. The van der Waals surface area contributed by atoms with Crippen LogP contribution in [0.25, 0.3) is 11.3 Å². The molecule has 0 aliphatic heterocycles. The summed E-state index contributed by atoms with van der Waals surface area (Å²) in [6.45, 7) is 0.282. The topological polar surface area (TPSA) is 86.2 Å². The predicted octanol–water partition coefficient (Wildman–Crippen LogP) is 2.41. The third kappa shape index (κ3) is 4.58. The minimum Gasteiger partial charge on any atom is -0.493 e. The molecule has 138 valence electrons. The number of methoxy groups -OCH3 is 2. The first-order valence-corrected chi connectivity index (χ1v) is 8.39. The lowest BCUT2D eigenvalue weighted by Gasteiger charge is -2.11. The average molecular weight is 364 g/mol. The number of rotatable bonds is 7. The van der Waals surface area contributed by atoms with E-state index in [1.807, 2.05) is 18.2 Å². The first-order chi connectivity index (χ1) is 13.2. The maximum atomic E-state index is 12.3. The molecule has 0 fully saturated rings. The lowest BCUT2D eigenvalue weighted by atomic mass is 10.1. The number of hydrogen-bond acceptors (Lipinski definition) is 6. The Morgan fingerprint density at radius 2 is 1.85 bits per heavy atom. The van der Waals surface area contributed by atoms with Gasteiger partial charge < -0.3 is 14.8 Å². The largest absolute Gasteiger partial charge is 0.493 e. The van der Waals surface area contributed by atoms with Crippen LogP contribution in [0, 0.1) is 0 Å². The number of benzene rings is 1. The van der Waals surface area contributed by atoms with Crippen LogP contribution < -0.4 is 14.8 Å². The van der Waals surface area contributed by atoms with Crippen molar-refractivity contribution in [3.63, 3.8) is 0 Å². The summed E-state index contributed by atoms with van der Waals surface area (Å²) in [7, 11) is 3.14. The molecule has 0 aliphatic carbocycles. The van der Waals surface area contributed by atoms with Crippen LogP contribution in [0.15, 0.2) is 55.1 Å². The molecule has 7 nitrogen and oxygen atoms in total. The van der Waals surface area contributed by atoms with Gasteiger partial charge in [0.25, 0.3) is 0 Å². The van der Waals surface area contributed by atoms with Crippen molar-refractivity contribution in [3.8, 4) is 22.8 Å². The molecular formula is C20H20N4O3. The number of hydrogen-bond donors (Lipinski definition) is 1. The Bertz CT molecular complexity index is 916. The molecule has 0 saturated carbocycles. The lowest BCUT2D eigenvalue weighted by molar-refractivity contribution is -0.120. The van der Waals surface area contributed by atoms with Gasteiger partial charge in [-0.2, -0.15) is 0 Å². The molecule has 0 bridgehead atoms. The smallest absolute Gasteiger partial charge is 0.224 e. The number of aromatic nitrogens is 3. The van der Waals surface area contributed by atoms with E-state index in [1.165, 1.54) is 0 Å². The minimum absolute atomic E-state index is 0.120. The van der Waals surface area contributed by atoms with Crippen LogP contribution in [0.5, 0.6) is 11.5 Å². The van der Waals surface area contributed by atoms with E-state index in [9.17, 15) is 4.79 Å². The van der Waals surface area contributed by atoms with Crippen LogP contribution in [0.1, 0.15) is 11.3 Å². The molecule has 0 spiro atoms. The van der Waals surface area contributed by atoms with Crippen LogP contribution >= 0.6 is 0 Å². The fourth-order valence-electron chi connectivity index (χ4n) is 2.66. The highest BCUT2D eigenvalue weighted by Crippen LogP contribution is 2.27. The molecule has 0 saturated heterocycles. The highest BCUT2D eigenvalue weighted by molar-refractivity contribution is 5.79. The SMILES string of the molecule is COc1ccc(CC(=O)NCc2nccnc2-c2cccnc2)cc1OC. The lowest BCUT2D eigenvalue weighted by Crippen LogP contribution is -2.25. The van der Waals surface area contributed by atoms with Crippen molar-refractivity contribution in [2.45, 2.75) is 13.0 Å². The van der Waals surface area contributed by atoms with Gasteiger partial charge in [-0.3, -0.25) is 19.7 Å². The molecule has 27 heavy (non-hydrogen) atoms. The van der Waals surface area contributed by atoms with Gasteiger partial charge >= 0.3 is 0 Å². The van der Waals surface area contributed by atoms with Crippen molar-refractivity contribution in [2.75, 3.05) is 14.2 Å². The maximum Gasteiger partial charge on any atom is 0.224 e. The summed E-state index contributed by atoms with van der Waals surface area (Å²) in [5, 5.41) is 2.89. The monoisotopic (exact) mass is 364 g/mol. The summed E-state index contributed by atoms with van der Waals surface area (Å²) in [5.74, 6) is 1.10. The Labute approximate surface area is 157 Å². The van der Waals surface area contributed by atoms with E-state index >= 15 is 0 Å². The normalized spacial score (nSPS) is 10.3. The van der Waals surface area contributed by atoms with Gasteiger partial charge in [0.15, 0.2) is 11.5 Å². The van der Waals surface area contributed by atoms with Crippen molar-refractivity contribution in [1.29, 1.82) is 0 Å². The van der Waals surface area contributed by atoms with Gasteiger partial charge in [0, 0.05) is 30.4 Å². The summed E-state index contributed by atoms with van der Waals surface area (Å²) in [4.78, 5) is 25.2. The van der Waals surface area contributed by atoms with E-state index in [1.54, 1.807) is 51.1 Å². The summed E-state index contributed by atoms with van der Waals surface area (Å²) >= 11 is 0. The van der Waals surface area contributed by atoms with Gasteiger partial charge in [0.05, 0.1) is 38.6 Å². The van der Waals surface area contributed by atoms with Crippen LogP contribution in [0.3, 0.4) is 0 Å². The zero-order chi connectivity index (χ0) is 19.1. The number of amides is 1. The first kappa shape index (κ1) is 18.3. The van der Waals surface area contributed by atoms with E-state index in [2.05, 4.69) is 20.3 Å². The molecule has 1 amide bonds. The van der Waals surface area contributed by atoms with Gasteiger partial charge in [-0.1, -0.05) is 6.07 Å². The van der Waals surface area contributed by atoms with E-state index in [4.69, 9.17) is 9.47 Å². The second-order valence-electron chi connectivity index (χ2n) is 5.74. The van der Waals surface area contributed by atoms with Gasteiger partial charge in [-0.05, 0) is 29.8 Å². The van der Waals surface area contributed by atoms with Crippen LogP contribution in [0.4, 0.5) is 0 Å². The van der Waals surface area contributed by atoms with Gasteiger partial charge in [-0.25, -0.2) is 0 Å². The Kier molecular flexibility index (Phi) is 5.94. The van der Waals surface area contributed by atoms with Crippen LogP contribution in [-0.4, -0.2) is 35.1 Å². The number of carbonyl (C=O) groups excluding carboxylic acids is 1. The van der Waals surface area contributed by atoms with Crippen molar-refractivity contribution in [1.82, 2.24) is 20.3 Å². The van der Waals surface area contributed by atoms with Crippen molar-refractivity contribution in [3.05, 3.63) is 66.4 Å². The van der Waals surface area contributed by atoms with Gasteiger partial charge in [0.2, 0.25) is 5.91 Å². The summed E-state index contributed by atoms with van der Waals surface area (Å²) in [6, 6.07) is 9.16. The van der Waals surface area contributed by atoms with E-state index in [0.29, 0.717) is 22.9 Å². The van der Waals surface area contributed by atoms with E-state index in [0.717, 1.165) is 11.1 Å². The molecule has 0 atom stereocenters. The third-order valence-electron chi connectivity index (χ3n) is 3.97. The second kappa shape index (κ2) is 8.75. The fraction of sp³-hybridized carbons (Fsp3) is 0.200. The third-order valence-corrected chi connectivity index (χ3v) is 3.97. The fourth-order valence-corrected chi connectivity index (χ4v) is 2.66. The second-order valence-corrected chi connectivity index (χ2v) is 5.74. The Morgan fingerprint density at radius 3 is 2.59 bits per heavy atom. The summed E-state index contributed by atoms with van der Waals surface area (Å²) in [5.41, 5.74) is 3.08. The number of carbonyl (C=O) groups is 1. The molecule has 1 aromatic carbocycles. The molecule has 0 aliphatic rings. The average Bonchev–Trinajstić information content (AvgIpc) is 2.73. The Balaban J connectivity index is 1.67. The van der Waals surface area contributed by atoms with Crippen molar-refractivity contribution < 1.29 is 14.3 Å². The standard InChI is InChI=1S/C20H20N4O3/c1-26-17-6-5-14(10-18(17)27-2)11-19(25)24-13-16-20(23-9-8-22-16)15-4-3-7-21-12-15/h3-10,12H,11,13H2,1-2H3,(H,24,25). The molecule has 3 rings (SSSR count).